The average molecular weight is 279 g/mol. The monoisotopic (exact) mass is 279 g/mol. The molecule has 4 nitrogen and oxygen atoms in total. The number of hydrogen-bond acceptors (Lipinski definition) is 3. The number of rotatable bonds is 7. The van der Waals surface area contributed by atoms with E-state index >= 15 is 0 Å². The minimum Gasteiger partial charge on any atom is -0.490 e. The third-order valence-corrected chi connectivity index (χ3v) is 3.59. The van der Waals surface area contributed by atoms with Gasteiger partial charge in [0.15, 0.2) is 0 Å². The summed E-state index contributed by atoms with van der Waals surface area (Å²) in [5.41, 5.74) is 5.63. The molecule has 1 aromatic carbocycles. The van der Waals surface area contributed by atoms with Gasteiger partial charge in [-0.1, -0.05) is 32.0 Å². The molecule has 0 fully saturated rings. The predicted molar refractivity (Wildman–Crippen MR) is 80.1 cm³/mol. The zero-order valence-corrected chi connectivity index (χ0v) is 12.7. The maximum absolute atomic E-state index is 11.0. The lowest BCUT2D eigenvalue weighted by Crippen LogP contribution is -2.47. The molecule has 0 spiro atoms. The summed E-state index contributed by atoms with van der Waals surface area (Å²) in [6.07, 6.45) is 1.03. The number of para-hydroxylation sites is 1. The molecule has 3 atom stereocenters. The first-order valence-corrected chi connectivity index (χ1v) is 7.05. The van der Waals surface area contributed by atoms with Crippen LogP contribution in [-0.4, -0.2) is 22.7 Å². The van der Waals surface area contributed by atoms with Gasteiger partial charge in [0.05, 0.1) is 6.10 Å². The lowest BCUT2D eigenvalue weighted by atomic mass is 9.95. The van der Waals surface area contributed by atoms with Crippen LogP contribution in [0.3, 0.4) is 0 Å². The molecule has 1 aromatic rings. The molecule has 3 unspecified atom stereocenters. The van der Waals surface area contributed by atoms with E-state index in [-0.39, 0.29) is 12.5 Å². The van der Waals surface area contributed by atoms with Gasteiger partial charge in [-0.15, -0.1) is 0 Å². The van der Waals surface area contributed by atoms with Gasteiger partial charge in [-0.3, -0.25) is 4.79 Å². The molecular formula is C16H25NO3. The fourth-order valence-electron chi connectivity index (χ4n) is 2.16. The summed E-state index contributed by atoms with van der Waals surface area (Å²) in [6.45, 7) is 7.64. The number of nitrogens with two attached hydrogens (primary N) is 1. The van der Waals surface area contributed by atoms with Gasteiger partial charge in [0.2, 0.25) is 0 Å². The number of hydrogen-bond donors (Lipinski definition) is 2. The van der Waals surface area contributed by atoms with Crippen LogP contribution in [-0.2, 0) is 4.79 Å². The summed E-state index contributed by atoms with van der Waals surface area (Å²) in [5.74, 6) is 0.209. The van der Waals surface area contributed by atoms with E-state index in [1.54, 1.807) is 0 Å². The Morgan fingerprint density at radius 2 is 2.00 bits per heavy atom. The van der Waals surface area contributed by atoms with Gasteiger partial charge in [-0.2, -0.15) is 0 Å². The predicted octanol–water partition coefficient (Wildman–Crippen LogP) is 3.16. The number of carboxylic acids is 1. The number of aliphatic carboxylic acids is 1. The Kier molecular flexibility index (Phi) is 5.57. The van der Waals surface area contributed by atoms with Crippen molar-refractivity contribution in [2.75, 3.05) is 0 Å². The van der Waals surface area contributed by atoms with E-state index in [1.165, 1.54) is 6.92 Å². The summed E-state index contributed by atoms with van der Waals surface area (Å²) in [5, 5.41) is 9.06. The Balaban J connectivity index is 2.81. The highest BCUT2D eigenvalue weighted by molar-refractivity contribution is 5.77. The standard InChI is InChI=1S/C16H25NO3/c1-5-11(2)13-8-6-7-9-14(13)20-12(3)10-16(4,17)15(18)19/h6-9,11-12H,5,10,17H2,1-4H3,(H,18,19). The smallest absolute Gasteiger partial charge is 0.323 e. The summed E-state index contributed by atoms with van der Waals surface area (Å²) in [4.78, 5) is 11.0. The van der Waals surface area contributed by atoms with Crippen LogP contribution in [0.5, 0.6) is 5.75 Å². The van der Waals surface area contributed by atoms with Gasteiger partial charge >= 0.3 is 5.97 Å². The van der Waals surface area contributed by atoms with Crippen molar-refractivity contribution in [2.45, 2.75) is 58.1 Å². The van der Waals surface area contributed by atoms with Crippen LogP contribution < -0.4 is 10.5 Å². The molecule has 0 aliphatic carbocycles. The van der Waals surface area contributed by atoms with Crippen LogP contribution in [0.1, 0.15) is 52.0 Å². The maximum Gasteiger partial charge on any atom is 0.323 e. The van der Waals surface area contributed by atoms with Gasteiger partial charge in [0.25, 0.3) is 0 Å². The van der Waals surface area contributed by atoms with Crippen LogP contribution in [0.4, 0.5) is 0 Å². The lowest BCUT2D eigenvalue weighted by molar-refractivity contribution is -0.143. The van der Waals surface area contributed by atoms with Gasteiger partial charge in [0, 0.05) is 6.42 Å². The maximum atomic E-state index is 11.0. The highest BCUT2D eigenvalue weighted by Gasteiger charge is 2.31. The van der Waals surface area contributed by atoms with Crippen LogP contribution in [0.2, 0.25) is 0 Å². The second-order valence-electron chi connectivity index (χ2n) is 5.70. The highest BCUT2D eigenvalue weighted by Crippen LogP contribution is 2.29. The van der Waals surface area contributed by atoms with E-state index in [9.17, 15) is 4.79 Å². The topological polar surface area (TPSA) is 72.5 Å². The van der Waals surface area contributed by atoms with Gasteiger partial charge in [-0.25, -0.2) is 0 Å². The molecule has 0 aliphatic rings. The fourth-order valence-corrected chi connectivity index (χ4v) is 2.16. The van der Waals surface area contributed by atoms with Crippen molar-refractivity contribution in [3.8, 4) is 5.75 Å². The molecule has 112 valence electrons. The number of benzene rings is 1. The van der Waals surface area contributed by atoms with Crippen molar-refractivity contribution in [2.24, 2.45) is 5.73 Å². The Morgan fingerprint density at radius 1 is 1.40 bits per heavy atom. The van der Waals surface area contributed by atoms with Gasteiger partial charge in [-0.05, 0) is 37.8 Å². The van der Waals surface area contributed by atoms with Crippen molar-refractivity contribution >= 4 is 5.97 Å². The molecule has 0 saturated heterocycles. The Labute approximate surface area is 120 Å². The molecule has 4 heteroatoms. The Hall–Kier alpha value is -1.55. The molecular weight excluding hydrogens is 254 g/mol. The van der Waals surface area contributed by atoms with E-state index in [0.29, 0.717) is 5.92 Å². The zero-order chi connectivity index (χ0) is 15.3. The van der Waals surface area contributed by atoms with Crippen molar-refractivity contribution in [3.63, 3.8) is 0 Å². The molecule has 0 aliphatic heterocycles. The second-order valence-corrected chi connectivity index (χ2v) is 5.70. The highest BCUT2D eigenvalue weighted by atomic mass is 16.5. The molecule has 0 radical (unpaired) electrons. The molecule has 0 amide bonds. The molecule has 3 N–H and O–H groups in total. The van der Waals surface area contributed by atoms with Crippen LogP contribution in [0.15, 0.2) is 24.3 Å². The first-order chi connectivity index (χ1) is 9.27. The SMILES string of the molecule is CCC(C)c1ccccc1OC(C)CC(C)(N)C(=O)O. The van der Waals surface area contributed by atoms with E-state index in [1.807, 2.05) is 25.1 Å². The van der Waals surface area contributed by atoms with Gasteiger partial charge in [0.1, 0.15) is 11.3 Å². The Morgan fingerprint density at radius 3 is 2.55 bits per heavy atom. The third-order valence-electron chi connectivity index (χ3n) is 3.59. The number of ether oxygens (including phenoxy) is 1. The minimum absolute atomic E-state index is 0.258. The van der Waals surface area contributed by atoms with Crippen LogP contribution >= 0.6 is 0 Å². The number of carbonyl (C=O) groups is 1. The molecule has 0 bridgehead atoms. The van der Waals surface area contributed by atoms with Crippen LogP contribution in [0, 0.1) is 0 Å². The van der Waals surface area contributed by atoms with Crippen molar-refractivity contribution in [1.82, 2.24) is 0 Å². The summed E-state index contributed by atoms with van der Waals surface area (Å²) < 4.78 is 5.91. The molecule has 1 rings (SSSR count). The van der Waals surface area contributed by atoms with E-state index in [0.717, 1.165) is 17.7 Å². The summed E-state index contributed by atoms with van der Waals surface area (Å²) in [7, 11) is 0. The Bertz CT molecular complexity index is 457. The van der Waals surface area contributed by atoms with E-state index < -0.39 is 11.5 Å². The molecule has 0 aromatic heterocycles. The fraction of sp³-hybridized carbons (Fsp3) is 0.562. The number of carboxylic acid groups (broad SMARTS) is 1. The zero-order valence-electron chi connectivity index (χ0n) is 12.7. The first-order valence-electron chi connectivity index (χ1n) is 7.05. The summed E-state index contributed by atoms with van der Waals surface area (Å²) in [6, 6.07) is 7.89. The molecule has 0 heterocycles. The van der Waals surface area contributed by atoms with Crippen molar-refractivity contribution in [1.29, 1.82) is 0 Å². The van der Waals surface area contributed by atoms with Crippen molar-refractivity contribution in [3.05, 3.63) is 29.8 Å². The second kappa shape index (κ2) is 6.75. The van der Waals surface area contributed by atoms with E-state index in [2.05, 4.69) is 19.9 Å². The van der Waals surface area contributed by atoms with Crippen LogP contribution in [0.25, 0.3) is 0 Å². The quantitative estimate of drug-likeness (QED) is 0.804. The van der Waals surface area contributed by atoms with Crippen molar-refractivity contribution < 1.29 is 14.6 Å². The lowest BCUT2D eigenvalue weighted by Gasteiger charge is -2.25. The molecule has 0 saturated carbocycles. The third kappa shape index (κ3) is 4.23. The minimum atomic E-state index is -1.27. The first kappa shape index (κ1) is 16.5. The molecule has 20 heavy (non-hydrogen) atoms. The average Bonchev–Trinajstić information content (AvgIpc) is 2.37. The van der Waals surface area contributed by atoms with E-state index in [4.69, 9.17) is 15.6 Å². The van der Waals surface area contributed by atoms with Gasteiger partial charge < -0.3 is 15.6 Å². The summed E-state index contributed by atoms with van der Waals surface area (Å²) >= 11 is 0. The normalized spacial score (nSPS) is 17.1. The largest absolute Gasteiger partial charge is 0.490 e.